The van der Waals surface area contributed by atoms with Crippen LogP contribution in [0.1, 0.15) is 33.6 Å². The van der Waals surface area contributed by atoms with Crippen LogP contribution in [-0.2, 0) is 14.9 Å². The smallest absolute Gasteiger partial charge is 0.301 e. The summed E-state index contributed by atoms with van der Waals surface area (Å²) in [5.41, 5.74) is -0.323. The first-order valence-corrected chi connectivity index (χ1v) is 12.7. The molecular weight excluding hydrogens is 510 g/mol. The molecule has 4 atom stereocenters. The zero-order valence-electron chi connectivity index (χ0n) is 19.3. The molecule has 1 aliphatic carbocycles. The van der Waals surface area contributed by atoms with Crippen LogP contribution in [-0.4, -0.2) is 70.3 Å². The van der Waals surface area contributed by atoms with Gasteiger partial charge in [-0.2, -0.15) is 0 Å². The van der Waals surface area contributed by atoms with E-state index in [0.717, 1.165) is 12.2 Å². The van der Waals surface area contributed by atoms with Gasteiger partial charge in [-0.15, -0.1) is 0 Å². The first-order chi connectivity index (χ1) is 17.4. The number of benzene rings is 2. The van der Waals surface area contributed by atoms with E-state index in [4.69, 9.17) is 4.74 Å². The van der Waals surface area contributed by atoms with Gasteiger partial charge in [0.05, 0.1) is 11.4 Å². The molecule has 0 aromatic heterocycles. The summed E-state index contributed by atoms with van der Waals surface area (Å²) in [5, 5.41) is 19.2. The van der Waals surface area contributed by atoms with Crippen LogP contribution in [0.2, 0.25) is 0 Å². The van der Waals surface area contributed by atoms with E-state index < -0.39 is 70.1 Å². The van der Waals surface area contributed by atoms with Gasteiger partial charge >= 0.3 is 5.92 Å². The van der Waals surface area contributed by atoms with Crippen molar-refractivity contribution in [3.05, 3.63) is 95.1 Å². The molecule has 1 saturated heterocycles. The van der Waals surface area contributed by atoms with Crippen LogP contribution in [0.15, 0.2) is 84.0 Å². The second-order valence-electron chi connectivity index (χ2n) is 9.02. The minimum absolute atomic E-state index is 0.119. The van der Waals surface area contributed by atoms with E-state index in [2.05, 4.69) is 0 Å². The first-order valence-electron chi connectivity index (χ1n) is 11.3. The number of alkyl halides is 2. The second kappa shape index (κ2) is 9.99. The van der Waals surface area contributed by atoms with Gasteiger partial charge < -0.3 is 19.5 Å². The van der Waals surface area contributed by atoms with Gasteiger partial charge in [0.1, 0.15) is 28.4 Å². The molecule has 1 heterocycles. The van der Waals surface area contributed by atoms with E-state index >= 15 is 0 Å². The molecule has 0 radical (unpaired) electrons. The number of carbonyl (C=O) groups excluding carboxylic acids is 2. The van der Waals surface area contributed by atoms with Crippen LogP contribution < -0.4 is 0 Å². The quantitative estimate of drug-likeness (QED) is 0.389. The molecule has 0 bridgehead atoms. The van der Waals surface area contributed by atoms with Gasteiger partial charge in [0.15, 0.2) is 11.6 Å². The third kappa shape index (κ3) is 5.05. The zero-order chi connectivity index (χ0) is 27.0. The Morgan fingerprint density at radius 3 is 2.03 bits per heavy atom. The molecule has 2 aromatic carbocycles. The molecular formula is C26H23F2O8S-. The topological polar surface area (TPSA) is 141 Å². The predicted molar refractivity (Wildman–Crippen MR) is 126 cm³/mol. The van der Waals surface area contributed by atoms with Crippen molar-refractivity contribution in [1.29, 1.82) is 0 Å². The van der Waals surface area contributed by atoms with Gasteiger partial charge in [-0.05, 0) is 12.5 Å². The summed E-state index contributed by atoms with van der Waals surface area (Å²) >= 11 is 0. The van der Waals surface area contributed by atoms with Crippen LogP contribution in [0.5, 0.6) is 0 Å². The summed E-state index contributed by atoms with van der Waals surface area (Å²) < 4.78 is 70.1. The molecule has 8 nitrogen and oxygen atoms in total. The van der Waals surface area contributed by atoms with Crippen LogP contribution in [0, 0.1) is 0 Å². The Labute approximate surface area is 211 Å². The Kier molecular flexibility index (Phi) is 7.28. The number of halogens is 2. The van der Waals surface area contributed by atoms with Crippen molar-refractivity contribution in [2.24, 2.45) is 0 Å². The summed E-state index contributed by atoms with van der Waals surface area (Å²) in [6, 6.07) is 15.3. The Balaban J connectivity index is 1.85. The first kappa shape index (κ1) is 27.0. The molecule has 2 aliphatic rings. The molecule has 1 fully saturated rings. The second-order valence-corrected chi connectivity index (χ2v) is 10.7. The summed E-state index contributed by atoms with van der Waals surface area (Å²) in [6.07, 6.45) is -6.47. The monoisotopic (exact) mass is 533 g/mol. The van der Waals surface area contributed by atoms with E-state index in [1.165, 1.54) is 24.3 Å². The summed E-state index contributed by atoms with van der Waals surface area (Å²) in [7, 11) is -5.49. The Bertz CT molecular complexity index is 1360. The van der Waals surface area contributed by atoms with Crippen LogP contribution in [0.25, 0.3) is 0 Å². The Morgan fingerprint density at radius 1 is 1.00 bits per heavy atom. The number of Topliss-reactive ketones (excluding diaryl/α,β-unsaturated/α-hetero) is 2. The van der Waals surface area contributed by atoms with Gasteiger partial charge in [0.25, 0.3) is 0 Å². The van der Waals surface area contributed by atoms with Gasteiger partial charge in [-0.25, -0.2) is 17.2 Å². The number of aliphatic hydroxyl groups excluding tert-OH is 2. The normalized spacial score (nSPS) is 27.3. The fourth-order valence-corrected chi connectivity index (χ4v) is 5.55. The Morgan fingerprint density at radius 2 is 1.54 bits per heavy atom. The zero-order valence-corrected chi connectivity index (χ0v) is 20.1. The fourth-order valence-electron chi connectivity index (χ4n) is 4.59. The maximum atomic E-state index is 14.8. The summed E-state index contributed by atoms with van der Waals surface area (Å²) in [6.45, 7) is -0.977. The van der Waals surface area contributed by atoms with Crippen molar-refractivity contribution >= 4 is 21.7 Å². The maximum Gasteiger partial charge on any atom is 0.301 e. The van der Waals surface area contributed by atoms with Crippen molar-refractivity contribution in [2.45, 2.75) is 41.8 Å². The van der Waals surface area contributed by atoms with Gasteiger partial charge in [0, 0.05) is 28.7 Å². The van der Waals surface area contributed by atoms with Gasteiger partial charge in [-0.1, -0.05) is 66.7 Å². The average Bonchev–Trinajstić information content (AvgIpc) is 3.10. The molecule has 1 aliphatic heterocycles. The van der Waals surface area contributed by atoms with E-state index in [-0.39, 0.29) is 22.3 Å². The standard InChI is InChI=1S/C26H24F2O8S/c27-26(28)21(36-20(15-29)24(26)32)14-25(37(33,34)35)12-18(22(30)16-7-3-1-4-8-16)11-19(13-25)23(31)17-9-5-2-6-10-17/h1-12,20-21,24,29,32H,13-15H2,(H,33,34,35)/p-1/t20-,21?,24-,25?/m1/s1. The highest BCUT2D eigenvalue weighted by molar-refractivity contribution is 7.87. The van der Waals surface area contributed by atoms with Crippen LogP contribution >= 0.6 is 0 Å². The lowest BCUT2D eigenvalue weighted by Crippen LogP contribution is -2.48. The molecule has 37 heavy (non-hydrogen) atoms. The lowest BCUT2D eigenvalue weighted by Gasteiger charge is -2.39. The van der Waals surface area contributed by atoms with Crippen molar-refractivity contribution in [1.82, 2.24) is 0 Å². The average molecular weight is 534 g/mol. The van der Waals surface area contributed by atoms with E-state index in [1.807, 2.05) is 0 Å². The molecule has 4 rings (SSSR count). The highest BCUT2D eigenvalue weighted by Crippen LogP contribution is 2.45. The molecule has 0 spiro atoms. The SMILES string of the molecule is O=C(C1=CC(CC2O[C@H](CO)[C@@H](O)C2(F)F)(S(=O)(=O)[O-])CC(C(=O)c2ccccc2)=C1)c1ccccc1. The van der Waals surface area contributed by atoms with Gasteiger partial charge in [-0.3, -0.25) is 9.59 Å². The van der Waals surface area contributed by atoms with Crippen LogP contribution in [0.4, 0.5) is 8.78 Å². The number of rotatable bonds is 8. The third-order valence-corrected chi connectivity index (χ3v) is 8.01. The van der Waals surface area contributed by atoms with E-state index in [0.29, 0.717) is 0 Å². The third-order valence-electron chi connectivity index (χ3n) is 6.59. The summed E-state index contributed by atoms with van der Waals surface area (Å²) in [4.78, 5) is 26.5. The lowest BCUT2D eigenvalue weighted by atomic mass is 9.80. The van der Waals surface area contributed by atoms with Gasteiger partial charge in [0.2, 0.25) is 0 Å². The van der Waals surface area contributed by atoms with E-state index in [9.17, 15) is 41.6 Å². The van der Waals surface area contributed by atoms with E-state index in [1.54, 1.807) is 36.4 Å². The van der Waals surface area contributed by atoms with Crippen molar-refractivity contribution in [2.75, 3.05) is 6.61 Å². The summed E-state index contributed by atoms with van der Waals surface area (Å²) in [5.74, 6) is -5.43. The molecule has 0 saturated carbocycles. The van der Waals surface area contributed by atoms with Crippen molar-refractivity contribution < 1.29 is 46.3 Å². The minimum Gasteiger partial charge on any atom is -0.747 e. The van der Waals surface area contributed by atoms with Crippen molar-refractivity contribution in [3.8, 4) is 0 Å². The molecule has 2 N–H and O–H groups in total. The lowest BCUT2D eigenvalue weighted by molar-refractivity contribution is -0.115. The maximum absolute atomic E-state index is 14.8. The predicted octanol–water partition coefficient (Wildman–Crippen LogP) is 2.44. The van der Waals surface area contributed by atoms with Crippen LogP contribution in [0.3, 0.4) is 0 Å². The highest BCUT2D eigenvalue weighted by atomic mass is 32.2. The number of hydrogen-bond acceptors (Lipinski definition) is 8. The highest BCUT2D eigenvalue weighted by Gasteiger charge is 2.60. The Hall–Kier alpha value is -3.09. The molecule has 196 valence electrons. The largest absolute Gasteiger partial charge is 0.747 e. The fraction of sp³-hybridized carbons (Fsp3) is 0.308. The number of hydrogen-bond donors (Lipinski definition) is 2. The molecule has 0 amide bonds. The number of carbonyl (C=O) groups is 2. The minimum atomic E-state index is -5.49. The molecule has 2 aromatic rings. The number of ether oxygens (including phenoxy) is 1. The molecule has 2 unspecified atom stereocenters. The number of allylic oxidation sites excluding steroid dienone is 3. The number of ketones is 2. The number of aliphatic hydroxyl groups is 2. The van der Waals surface area contributed by atoms with Crippen molar-refractivity contribution in [3.63, 3.8) is 0 Å². The molecule has 11 heteroatoms.